The third kappa shape index (κ3) is 2.99. The molecular formula is C17H17FN4O2. The number of nitrogens with one attached hydrogen (secondary N) is 1. The lowest BCUT2D eigenvalue weighted by Gasteiger charge is -2.11. The second-order valence-corrected chi connectivity index (χ2v) is 5.56. The molecule has 0 aliphatic rings. The Bertz CT molecular complexity index is 907. The van der Waals surface area contributed by atoms with Crippen LogP contribution in [0.25, 0.3) is 16.6 Å². The minimum absolute atomic E-state index is 0.00852. The first kappa shape index (κ1) is 16.1. The highest BCUT2D eigenvalue weighted by atomic mass is 19.1. The predicted molar refractivity (Wildman–Crippen MR) is 89.5 cm³/mol. The number of nitrogens with two attached hydrogens (primary N) is 1. The Kier molecular flexibility index (Phi) is 4.28. The number of aliphatic hydroxyl groups excluding tert-OH is 1. The molecule has 7 heteroatoms. The van der Waals surface area contributed by atoms with Gasteiger partial charge in [0, 0.05) is 5.39 Å². The molecule has 6 nitrogen and oxygen atoms in total. The van der Waals surface area contributed by atoms with Crippen LogP contribution in [-0.4, -0.2) is 33.4 Å². The molecule has 0 radical (unpaired) electrons. The summed E-state index contributed by atoms with van der Waals surface area (Å²) in [6.45, 7) is 1.45. The number of aromatic nitrogens is 2. The van der Waals surface area contributed by atoms with Crippen LogP contribution in [0, 0.1) is 12.7 Å². The Balaban J connectivity index is 2.05. The van der Waals surface area contributed by atoms with Crippen molar-refractivity contribution in [3.05, 3.63) is 54.0 Å². The summed E-state index contributed by atoms with van der Waals surface area (Å²) < 4.78 is 15.8. The van der Waals surface area contributed by atoms with Crippen molar-refractivity contribution in [3.8, 4) is 5.69 Å². The highest BCUT2D eigenvalue weighted by Gasteiger charge is 2.16. The number of aliphatic hydroxyl groups is 1. The fraction of sp³-hybridized carbons (Fsp3) is 0.176. The van der Waals surface area contributed by atoms with Crippen LogP contribution in [0.3, 0.4) is 0 Å². The molecule has 1 heterocycles. The van der Waals surface area contributed by atoms with E-state index in [4.69, 9.17) is 10.8 Å². The topological polar surface area (TPSA) is 93.2 Å². The summed E-state index contributed by atoms with van der Waals surface area (Å²) in [5.74, 6) is -1.25. The quantitative estimate of drug-likeness (QED) is 0.680. The van der Waals surface area contributed by atoms with Crippen LogP contribution < -0.4 is 11.1 Å². The van der Waals surface area contributed by atoms with Gasteiger partial charge in [-0.3, -0.25) is 4.79 Å². The van der Waals surface area contributed by atoms with Crippen molar-refractivity contribution in [3.63, 3.8) is 0 Å². The SMILES string of the molecule is Cc1cccc(-n2ncc3cc(F)c(NC(=O)[C@@H](N)CO)cc32)c1. The summed E-state index contributed by atoms with van der Waals surface area (Å²) in [6.07, 6.45) is 1.56. The standard InChI is InChI=1S/C17H17FN4O2/c1-10-3-2-4-12(5-10)22-16-7-15(21-17(24)14(19)9-23)13(18)6-11(16)8-20-22/h2-8,14,23H,9,19H2,1H3,(H,21,24)/t14-/m0/s1. The number of amides is 1. The van der Waals surface area contributed by atoms with E-state index in [0.717, 1.165) is 11.3 Å². The summed E-state index contributed by atoms with van der Waals surface area (Å²) >= 11 is 0. The van der Waals surface area contributed by atoms with Crippen LogP contribution in [0.2, 0.25) is 0 Å². The summed E-state index contributed by atoms with van der Waals surface area (Å²) in [5, 5.41) is 16.2. The van der Waals surface area contributed by atoms with Crippen molar-refractivity contribution < 1.29 is 14.3 Å². The molecule has 0 spiro atoms. The summed E-state index contributed by atoms with van der Waals surface area (Å²) in [4.78, 5) is 11.8. The maximum Gasteiger partial charge on any atom is 0.243 e. The van der Waals surface area contributed by atoms with Gasteiger partial charge in [0.1, 0.15) is 11.9 Å². The molecule has 0 aliphatic heterocycles. The first-order valence-electron chi connectivity index (χ1n) is 7.41. The molecule has 0 saturated heterocycles. The average Bonchev–Trinajstić information content (AvgIpc) is 2.97. The molecule has 0 fully saturated rings. The molecule has 1 atom stereocenters. The molecule has 1 amide bonds. The zero-order valence-electron chi connectivity index (χ0n) is 13.0. The van der Waals surface area contributed by atoms with Gasteiger partial charge in [-0.05, 0) is 36.8 Å². The van der Waals surface area contributed by atoms with Gasteiger partial charge in [-0.25, -0.2) is 9.07 Å². The van der Waals surface area contributed by atoms with Gasteiger partial charge < -0.3 is 16.2 Å². The third-order valence-electron chi connectivity index (χ3n) is 3.69. The Hall–Kier alpha value is -2.77. The molecule has 0 saturated carbocycles. The minimum atomic E-state index is -1.11. The second-order valence-electron chi connectivity index (χ2n) is 5.56. The average molecular weight is 328 g/mol. The van der Waals surface area contributed by atoms with E-state index in [1.54, 1.807) is 10.9 Å². The molecule has 0 bridgehead atoms. The maximum atomic E-state index is 14.2. The van der Waals surface area contributed by atoms with E-state index in [2.05, 4.69) is 10.4 Å². The smallest absolute Gasteiger partial charge is 0.243 e. The van der Waals surface area contributed by atoms with Crippen LogP contribution in [0.5, 0.6) is 0 Å². The van der Waals surface area contributed by atoms with Crippen LogP contribution in [0.1, 0.15) is 5.56 Å². The molecule has 0 unspecified atom stereocenters. The molecule has 0 aliphatic carbocycles. The number of carbonyl (C=O) groups is 1. The molecule has 24 heavy (non-hydrogen) atoms. The van der Waals surface area contributed by atoms with Crippen molar-refractivity contribution in [2.24, 2.45) is 5.73 Å². The van der Waals surface area contributed by atoms with Crippen molar-refractivity contribution in [2.45, 2.75) is 13.0 Å². The van der Waals surface area contributed by atoms with E-state index in [-0.39, 0.29) is 5.69 Å². The number of hydrogen-bond donors (Lipinski definition) is 3. The number of halogens is 1. The molecule has 1 aromatic heterocycles. The summed E-state index contributed by atoms with van der Waals surface area (Å²) in [7, 11) is 0. The minimum Gasteiger partial charge on any atom is -0.394 e. The molecule has 3 aromatic rings. The van der Waals surface area contributed by atoms with E-state index in [0.29, 0.717) is 10.9 Å². The number of benzene rings is 2. The Morgan fingerprint density at radius 2 is 2.21 bits per heavy atom. The lowest BCUT2D eigenvalue weighted by Crippen LogP contribution is -2.38. The van der Waals surface area contributed by atoms with Gasteiger partial charge in [-0.1, -0.05) is 12.1 Å². The third-order valence-corrected chi connectivity index (χ3v) is 3.69. The Morgan fingerprint density at radius 3 is 2.92 bits per heavy atom. The van der Waals surface area contributed by atoms with Crippen LogP contribution in [0.4, 0.5) is 10.1 Å². The largest absolute Gasteiger partial charge is 0.394 e. The van der Waals surface area contributed by atoms with E-state index >= 15 is 0 Å². The van der Waals surface area contributed by atoms with Crippen molar-refractivity contribution >= 4 is 22.5 Å². The van der Waals surface area contributed by atoms with Gasteiger partial charge in [0.15, 0.2) is 0 Å². The lowest BCUT2D eigenvalue weighted by molar-refractivity contribution is -0.118. The fourth-order valence-corrected chi connectivity index (χ4v) is 2.42. The number of anilines is 1. The number of carbonyl (C=O) groups excluding carboxylic acids is 1. The van der Waals surface area contributed by atoms with Gasteiger partial charge in [-0.15, -0.1) is 0 Å². The molecule has 2 aromatic carbocycles. The maximum absolute atomic E-state index is 14.2. The van der Waals surface area contributed by atoms with Gasteiger partial charge in [0.05, 0.1) is 29.7 Å². The van der Waals surface area contributed by atoms with Gasteiger partial charge >= 0.3 is 0 Å². The van der Waals surface area contributed by atoms with Crippen LogP contribution >= 0.6 is 0 Å². The number of nitrogens with zero attached hydrogens (tertiary/aromatic N) is 2. The number of fused-ring (bicyclic) bond motifs is 1. The fourth-order valence-electron chi connectivity index (χ4n) is 2.42. The van der Waals surface area contributed by atoms with Crippen molar-refractivity contribution in [1.29, 1.82) is 0 Å². The highest BCUT2D eigenvalue weighted by molar-refractivity contribution is 5.97. The molecule has 4 N–H and O–H groups in total. The zero-order valence-corrected chi connectivity index (χ0v) is 13.0. The van der Waals surface area contributed by atoms with E-state index in [1.807, 2.05) is 31.2 Å². The normalized spacial score (nSPS) is 12.3. The zero-order chi connectivity index (χ0) is 17.3. The Labute approximate surface area is 137 Å². The van der Waals surface area contributed by atoms with E-state index in [1.165, 1.54) is 12.1 Å². The number of hydrogen-bond acceptors (Lipinski definition) is 4. The van der Waals surface area contributed by atoms with Crippen molar-refractivity contribution in [2.75, 3.05) is 11.9 Å². The molecule has 3 rings (SSSR count). The van der Waals surface area contributed by atoms with E-state index in [9.17, 15) is 9.18 Å². The van der Waals surface area contributed by atoms with Gasteiger partial charge in [-0.2, -0.15) is 5.10 Å². The first-order chi connectivity index (χ1) is 11.5. The second kappa shape index (κ2) is 6.38. The molecular weight excluding hydrogens is 311 g/mol. The number of aryl methyl sites for hydroxylation is 1. The lowest BCUT2D eigenvalue weighted by atomic mass is 10.2. The van der Waals surface area contributed by atoms with Crippen molar-refractivity contribution in [1.82, 2.24) is 9.78 Å². The van der Waals surface area contributed by atoms with Gasteiger partial charge in [0.25, 0.3) is 0 Å². The summed E-state index contributed by atoms with van der Waals surface area (Å²) in [5.41, 5.74) is 7.99. The monoisotopic (exact) mass is 328 g/mol. The van der Waals surface area contributed by atoms with Crippen LogP contribution in [0.15, 0.2) is 42.6 Å². The Morgan fingerprint density at radius 1 is 1.42 bits per heavy atom. The van der Waals surface area contributed by atoms with E-state index < -0.39 is 24.4 Å². The number of rotatable bonds is 4. The summed E-state index contributed by atoms with van der Waals surface area (Å²) in [6, 6.07) is 9.41. The first-order valence-corrected chi connectivity index (χ1v) is 7.41. The van der Waals surface area contributed by atoms with Gasteiger partial charge in [0.2, 0.25) is 5.91 Å². The highest BCUT2D eigenvalue weighted by Crippen LogP contribution is 2.25. The predicted octanol–water partition coefficient (Wildman–Crippen LogP) is 1.73. The molecule has 124 valence electrons. The van der Waals surface area contributed by atoms with Crippen LogP contribution in [-0.2, 0) is 4.79 Å².